The van der Waals surface area contributed by atoms with Crippen LogP contribution in [-0.4, -0.2) is 78.0 Å². The predicted molar refractivity (Wildman–Crippen MR) is 99.0 cm³/mol. The highest BCUT2D eigenvalue weighted by Crippen LogP contribution is 2.27. The van der Waals surface area contributed by atoms with Gasteiger partial charge in [-0.15, -0.1) is 0 Å². The summed E-state index contributed by atoms with van der Waals surface area (Å²) in [5, 5.41) is 11.7. The molecule has 0 saturated heterocycles. The van der Waals surface area contributed by atoms with Gasteiger partial charge in [0, 0.05) is 24.7 Å². The van der Waals surface area contributed by atoms with Crippen LogP contribution in [-0.2, 0) is 34.0 Å². The maximum absolute atomic E-state index is 12.5. The van der Waals surface area contributed by atoms with Gasteiger partial charge in [-0.3, -0.25) is 4.79 Å². The average Bonchev–Trinajstić information content (AvgIpc) is 2.89. The summed E-state index contributed by atoms with van der Waals surface area (Å²) in [6.07, 6.45) is 1.84. The molecule has 154 valence electrons. The van der Waals surface area contributed by atoms with Crippen LogP contribution in [0.4, 0.5) is 5.69 Å². The number of carbonyl (C=O) groups is 2. The van der Waals surface area contributed by atoms with Crippen LogP contribution < -0.4 is 5.32 Å². The number of anilines is 1. The highest BCUT2D eigenvalue weighted by molar-refractivity contribution is 7.91. The molecule has 0 radical (unpaired) electrons. The summed E-state index contributed by atoms with van der Waals surface area (Å²) in [6, 6.07) is 3.34. The number of hydrogen-bond donors (Lipinski definition) is 2. The molecule has 1 aromatic carbocycles. The van der Waals surface area contributed by atoms with E-state index in [1.54, 1.807) is 0 Å². The first-order valence-electron chi connectivity index (χ1n) is 7.92. The SMILES string of the molecule is COC(=O)C1=C(Nc2cc(S(C)(=O)=O)cc(S(C)(=O)=O)c2)C(=O)N(CCO)C1. The number of β-amino-alcohol motifs (C(OH)–C–C–N with tert-alkyl or cyclic N) is 1. The van der Waals surface area contributed by atoms with Gasteiger partial charge >= 0.3 is 5.97 Å². The zero-order valence-corrected chi connectivity index (χ0v) is 17.1. The molecule has 0 spiro atoms. The van der Waals surface area contributed by atoms with Gasteiger partial charge in [0.25, 0.3) is 5.91 Å². The minimum absolute atomic E-state index is 0.000971. The van der Waals surface area contributed by atoms with Gasteiger partial charge in [0.2, 0.25) is 0 Å². The Hall–Kier alpha value is -2.44. The Morgan fingerprint density at radius 1 is 1.14 bits per heavy atom. The van der Waals surface area contributed by atoms with E-state index in [2.05, 4.69) is 10.1 Å². The standard InChI is InChI=1S/C16H20N2O8S2/c1-26-16(21)13-9-18(4-5-19)15(20)14(13)17-10-6-11(27(2,22)23)8-12(7-10)28(3,24)25/h6-8,17,19H,4-5,9H2,1-3H3. The lowest BCUT2D eigenvalue weighted by Gasteiger charge is -2.15. The quantitative estimate of drug-likeness (QED) is 0.527. The summed E-state index contributed by atoms with van der Waals surface area (Å²) in [7, 11) is -6.36. The minimum Gasteiger partial charge on any atom is -0.466 e. The van der Waals surface area contributed by atoms with Gasteiger partial charge in [-0.05, 0) is 18.2 Å². The highest BCUT2D eigenvalue weighted by Gasteiger charge is 2.34. The van der Waals surface area contributed by atoms with Crippen molar-refractivity contribution < 1.29 is 36.3 Å². The molecule has 28 heavy (non-hydrogen) atoms. The fourth-order valence-electron chi connectivity index (χ4n) is 2.57. The molecule has 1 aliphatic heterocycles. The number of esters is 1. The van der Waals surface area contributed by atoms with Crippen molar-refractivity contribution in [3.8, 4) is 0 Å². The Kier molecular flexibility index (Phi) is 6.16. The minimum atomic E-state index is -3.75. The number of aliphatic hydroxyl groups excluding tert-OH is 1. The molecule has 0 saturated carbocycles. The number of carbonyl (C=O) groups excluding carboxylic acids is 2. The number of hydrogen-bond acceptors (Lipinski definition) is 9. The summed E-state index contributed by atoms with van der Waals surface area (Å²) >= 11 is 0. The van der Waals surface area contributed by atoms with Gasteiger partial charge < -0.3 is 20.1 Å². The molecule has 1 heterocycles. The number of sulfone groups is 2. The van der Waals surface area contributed by atoms with E-state index in [0.717, 1.165) is 37.8 Å². The largest absolute Gasteiger partial charge is 0.466 e. The van der Waals surface area contributed by atoms with Gasteiger partial charge in [0.05, 0.1) is 35.6 Å². The fourth-order valence-corrected chi connectivity index (χ4v) is 4.00. The summed E-state index contributed by atoms with van der Waals surface area (Å²) in [5.41, 5.74) is -0.198. The van der Waals surface area contributed by atoms with Crippen LogP contribution in [0.3, 0.4) is 0 Å². The Bertz CT molecular complexity index is 1010. The van der Waals surface area contributed by atoms with Crippen LogP contribution in [0.5, 0.6) is 0 Å². The highest BCUT2D eigenvalue weighted by atomic mass is 32.2. The monoisotopic (exact) mass is 432 g/mol. The number of methoxy groups -OCH3 is 1. The van der Waals surface area contributed by atoms with E-state index in [4.69, 9.17) is 5.11 Å². The lowest BCUT2D eigenvalue weighted by molar-refractivity contribution is -0.136. The van der Waals surface area contributed by atoms with Gasteiger partial charge in [0.15, 0.2) is 19.7 Å². The lowest BCUT2D eigenvalue weighted by atomic mass is 10.2. The summed E-state index contributed by atoms with van der Waals surface area (Å²) in [6.45, 7) is -0.461. The third kappa shape index (κ3) is 4.69. The number of benzene rings is 1. The molecule has 1 aromatic rings. The fraction of sp³-hybridized carbons (Fsp3) is 0.375. The second-order valence-corrected chi connectivity index (χ2v) is 10.2. The van der Waals surface area contributed by atoms with Gasteiger partial charge in [-0.25, -0.2) is 21.6 Å². The Balaban J connectivity index is 2.58. The summed E-state index contributed by atoms with van der Waals surface area (Å²) < 4.78 is 52.3. The van der Waals surface area contributed by atoms with Crippen molar-refractivity contribution in [1.29, 1.82) is 0 Å². The maximum atomic E-state index is 12.5. The van der Waals surface area contributed by atoms with Crippen LogP contribution in [0.15, 0.2) is 39.3 Å². The molecular weight excluding hydrogens is 412 g/mol. The van der Waals surface area contributed by atoms with Crippen molar-refractivity contribution in [2.24, 2.45) is 0 Å². The van der Waals surface area contributed by atoms with E-state index < -0.39 is 31.6 Å². The van der Waals surface area contributed by atoms with E-state index in [9.17, 15) is 26.4 Å². The van der Waals surface area contributed by atoms with E-state index in [1.165, 1.54) is 4.90 Å². The molecule has 0 fully saturated rings. The van der Waals surface area contributed by atoms with Crippen molar-refractivity contribution in [3.05, 3.63) is 29.5 Å². The van der Waals surface area contributed by atoms with Crippen LogP contribution >= 0.6 is 0 Å². The number of nitrogens with one attached hydrogen (secondary N) is 1. The molecule has 0 bridgehead atoms. The van der Waals surface area contributed by atoms with Gasteiger partial charge in [-0.2, -0.15) is 0 Å². The molecule has 1 amide bonds. The molecule has 12 heteroatoms. The lowest BCUT2D eigenvalue weighted by Crippen LogP contribution is -2.31. The summed E-state index contributed by atoms with van der Waals surface area (Å²) in [5.74, 6) is -1.39. The second kappa shape index (κ2) is 7.89. The van der Waals surface area contributed by atoms with E-state index in [0.29, 0.717) is 0 Å². The Labute approximate surface area is 162 Å². The zero-order valence-electron chi connectivity index (χ0n) is 15.4. The molecule has 0 unspecified atom stereocenters. The van der Waals surface area contributed by atoms with Crippen molar-refractivity contribution in [1.82, 2.24) is 4.90 Å². The molecule has 1 aliphatic rings. The normalized spacial score (nSPS) is 15.1. The molecule has 0 aliphatic carbocycles. The van der Waals surface area contributed by atoms with E-state index in [-0.39, 0.29) is 46.4 Å². The Morgan fingerprint density at radius 3 is 2.11 bits per heavy atom. The number of amides is 1. The molecule has 0 atom stereocenters. The molecule has 0 aromatic heterocycles. The summed E-state index contributed by atoms with van der Waals surface area (Å²) in [4.78, 5) is 25.2. The number of nitrogens with zero attached hydrogens (tertiary/aromatic N) is 1. The zero-order chi connectivity index (χ0) is 21.3. The topological polar surface area (TPSA) is 147 Å². The molecule has 10 nitrogen and oxygen atoms in total. The number of rotatable bonds is 7. The smallest absolute Gasteiger partial charge is 0.337 e. The molecule has 2 rings (SSSR count). The second-order valence-electron chi connectivity index (χ2n) is 6.16. The first-order valence-corrected chi connectivity index (χ1v) is 11.7. The first-order chi connectivity index (χ1) is 12.9. The van der Waals surface area contributed by atoms with Crippen molar-refractivity contribution >= 4 is 37.2 Å². The first kappa shape index (κ1) is 21.9. The van der Waals surface area contributed by atoms with Crippen molar-refractivity contribution in [3.63, 3.8) is 0 Å². The molecular formula is C16H20N2O8S2. The third-order valence-corrected chi connectivity index (χ3v) is 6.14. The van der Waals surface area contributed by atoms with E-state index >= 15 is 0 Å². The van der Waals surface area contributed by atoms with Crippen LogP contribution in [0, 0.1) is 0 Å². The van der Waals surface area contributed by atoms with Crippen molar-refractivity contribution in [2.45, 2.75) is 9.79 Å². The van der Waals surface area contributed by atoms with Crippen molar-refractivity contribution in [2.75, 3.05) is 44.6 Å². The van der Waals surface area contributed by atoms with E-state index in [1.807, 2.05) is 0 Å². The average molecular weight is 432 g/mol. The number of ether oxygens (including phenoxy) is 1. The Morgan fingerprint density at radius 2 is 1.68 bits per heavy atom. The van der Waals surface area contributed by atoms with Crippen LogP contribution in [0.1, 0.15) is 0 Å². The van der Waals surface area contributed by atoms with Gasteiger partial charge in [-0.1, -0.05) is 0 Å². The molecule has 2 N–H and O–H groups in total. The van der Waals surface area contributed by atoms with Crippen LogP contribution in [0.25, 0.3) is 0 Å². The van der Waals surface area contributed by atoms with Crippen LogP contribution in [0.2, 0.25) is 0 Å². The predicted octanol–water partition coefficient (Wildman–Crippen LogP) is -0.833. The van der Waals surface area contributed by atoms with Gasteiger partial charge in [0.1, 0.15) is 5.70 Å². The maximum Gasteiger partial charge on any atom is 0.337 e. The number of aliphatic hydroxyl groups is 1. The third-order valence-electron chi connectivity index (χ3n) is 3.96.